The molecule has 1 aromatic heterocycles. The van der Waals surface area contributed by atoms with Gasteiger partial charge in [-0.05, 0) is 67.0 Å². The van der Waals surface area contributed by atoms with Crippen LogP contribution in [0.5, 0.6) is 0 Å². The molecule has 0 saturated carbocycles. The number of rotatable bonds is 2. The second-order valence-electron chi connectivity index (χ2n) is 4.63. The Hall–Kier alpha value is -1.12. The Bertz CT molecular complexity index is 540. The van der Waals surface area contributed by atoms with Crippen molar-refractivity contribution in [1.29, 1.82) is 0 Å². The van der Waals surface area contributed by atoms with Gasteiger partial charge in [0.2, 0.25) is 0 Å². The summed E-state index contributed by atoms with van der Waals surface area (Å²) >= 11 is 1.68. The van der Waals surface area contributed by atoms with Gasteiger partial charge >= 0.3 is 0 Å². The quantitative estimate of drug-likeness (QED) is 0.847. The minimum absolute atomic E-state index is 0.499. The highest BCUT2D eigenvalue weighted by atomic mass is 32.1. The lowest BCUT2D eigenvalue weighted by atomic mass is 9.94. The minimum atomic E-state index is -0.499. The first kappa shape index (κ1) is 12.3. The van der Waals surface area contributed by atoms with Gasteiger partial charge in [0.05, 0.1) is 0 Å². The number of hydrogen-bond donors (Lipinski definition) is 1. The van der Waals surface area contributed by atoms with Crippen LogP contribution in [0.3, 0.4) is 0 Å². The van der Waals surface area contributed by atoms with Crippen LogP contribution >= 0.6 is 11.3 Å². The van der Waals surface area contributed by atoms with Gasteiger partial charge in [-0.3, -0.25) is 0 Å². The van der Waals surface area contributed by atoms with Crippen molar-refractivity contribution in [2.45, 2.75) is 33.8 Å². The van der Waals surface area contributed by atoms with Crippen LogP contribution in [0.4, 0.5) is 0 Å². The summed E-state index contributed by atoms with van der Waals surface area (Å²) < 4.78 is 0. The smallest absolute Gasteiger partial charge is 0.105 e. The van der Waals surface area contributed by atoms with Crippen LogP contribution in [0.15, 0.2) is 23.6 Å². The van der Waals surface area contributed by atoms with Crippen molar-refractivity contribution < 1.29 is 5.11 Å². The molecule has 2 aromatic rings. The summed E-state index contributed by atoms with van der Waals surface area (Å²) in [7, 11) is 0. The van der Waals surface area contributed by atoms with Crippen LogP contribution in [0.25, 0.3) is 0 Å². The zero-order chi connectivity index (χ0) is 12.6. The number of aliphatic hydroxyl groups excluding tert-OH is 1. The number of hydrogen-bond acceptors (Lipinski definition) is 2. The average Bonchev–Trinajstić information content (AvgIpc) is 2.69. The fourth-order valence-corrected chi connectivity index (χ4v) is 2.86. The maximum atomic E-state index is 10.5. The molecule has 0 aliphatic rings. The predicted molar refractivity (Wildman–Crippen MR) is 73.8 cm³/mol. The number of aliphatic hydroxyl groups is 1. The minimum Gasteiger partial charge on any atom is -0.384 e. The average molecular weight is 246 g/mol. The largest absolute Gasteiger partial charge is 0.384 e. The third-order valence-corrected chi connectivity index (χ3v) is 4.23. The predicted octanol–water partition coefficient (Wildman–Crippen LogP) is 4.06. The van der Waals surface area contributed by atoms with Crippen molar-refractivity contribution in [2.24, 2.45) is 0 Å². The van der Waals surface area contributed by atoms with Crippen molar-refractivity contribution >= 4 is 11.3 Å². The first-order chi connectivity index (χ1) is 8.00. The lowest BCUT2D eigenvalue weighted by Crippen LogP contribution is -2.03. The lowest BCUT2D eigenvalue weighted by Gasteiger charge is -2.16. The Balaban J connectivity index is 2.48. The summed E-state index contributed by atoms with van der Waals surface area (Å²) in [5, 5.41) is 12.5. The molecule has 1 nitrogen and oxygen atoms in total. The molecular formula is C15H18OS. The van der Waals surface area contributed by atoms with E-state index in [0.29, 0.717) is 0 Å². The summed E-state index contributed by atoms with van der Waals surface area (Å²) in [4.78, 5) is 1.19. The van der Waals surface area contributed by atoms with Gasteiger partial charge in [0.15, 0.2) is 0 Å². The van der Waals surface area contributed by atoms with E-state index in [4.69, 9.17) is 0 Å². The summed E-state index contributed by atoms with van der Waals surface area (Å²) in [6.45, 7) is 8.31. The molecule has 1 aromatic carbocycles. The van der Waals surface area contributed by atoms with Crippen LogP contribution in [0.1, 0.15) is 38.8 Å². The third kappa shape index (κ3) is 2.28. The normalized spacial score (nSPS) is 12.8. The highest BCUT2D eigenvalue weighted by Gasteiger charge is 2.16. The standard InChI is InChI=1S/C15H18OS/c1-9-7-11(3)14(8-10(9)2)15(16)13-5-6-17-12(13)4/h5-8,15-16H,1-4H3. The maximum absolute atomic E-state index is 10.5. The Morgan fingerprint density at radius 2 is 1.59 bits per heavy atom. The van der Waals surface area contributed by atoms with E-state index in [2.05, 4.69) is 39.8 Å². The van der Waals surface area contributed by atoms with Crippen molar-refractivity contribution in [3.63, 3.8) is 0 Å². The van der Waals surface area contributed by atoms with E-state index in [1.54, 1.807) is 11.3 Å². The molecule has 0 fully saturated rings. The topological polar surface area (TPSA) is 20.2 Å². The van der Waals surface area contributed by atoms with Crippen LogP contribution < -0.4 is 0 Å². The second kappa shape index (κ2) is 4.63. The van der Waals surface area contributed by atoms with Crippen LogP contribution in [-0.4, -0.2) is 5.11 Å². The molecule has 0 aliphatic carbocycles. The summed E-state index contributed by atoms with van der Waals surface area (Å²) in [5.41, 5.74) is 5.72. The zero-order valence-electron chi connectivity index (χ0n) is 10.7. The van der Waals surface area contributed by atoms with Gasteiger partial charge in [-0.25, -0.2) is 0 Å². The van der Waals surface area contributed by atoms with E-state index in [-0.39, 0.29) is 0 Å². The first-order valence-electron chi connectivity index (χ1n) is 5.80. The first-order valence-corrected chi connectivity index (χ1v) is 6.68. The van der Waals surface area contributed by atoms with E-state index >= 15 is 0 Å². The van der Waals surface area contributed by atoms with Crippen molar-refractivity contribution in [3.05, 3.63) is 56.3 Å². The molecule has 90 valence electrons. The van der Waals surface area contributed by atoms with E-state index in [0.717, 1.165) is 16.7 Å². The number of aryl methyl sites for hydroxylation is 4. The number of benzene rings is 1. The molecule has 1 atom stereocenters. The van der Waals surface area contributed by atoms with E-state index in [1.165, 1.54) is 16.0 Å². The molecule has 2 heteroatoms. The van der Waals surface area contributed by atoms with Crippen molar-refractivity contribution in [2.75, 3.05) is 0 Å². The summed E-state index contributed by atoms with van der Waals surface area (Å²) in [6.07, 6.45) is -0.499. The molecule has 17 heavy (non-hydrogen) atoms. The van der Waals surface area contributed by atoms with Crippen molar-refractivity contribution in [3.8, 4) is 0 Å². The fraction of sp³-hybridized carbons (Fsp3) is 0.333. The highest BCUT2D eigenvalue weighted by Crippen LogP contribution is 2.31. The molecule has 1 heterocycles. The molecular weight excluding hydrogens is 228 g/mol. The third-order valence-electron chi connectivity index (χ3n) is 3.37. The van der Waals surface area contributed by atoms with Gasteiger partial charge in [0.25, 0.3) is 0 Å². The zero-order valence-corrected chi connectivity index (χ0v) is 11.6. The van der Waals surface area contributed by atoms with E-state index in [1.807, 2.05) is 11.4 Å². The molecule has 2 rings (SSSR count). The number of thiophene rings is 1. The van der Waals surface area contributed by atoms with E-state index in [9.17, 15) is 5.11 Å². The maximum Gasteiger partial charge on any atom is 0.105 e. The Morgan fingerprint density at radius 3 is 2.18 bits per heavy atom. The molecule has 0 bridgehead atoms. The molecule has 1 unspecified atom stereocenters. The molecule has 0 spiro atoms. The Kier molecular flexibility index (Phi) is 3.36. The Morgan fingerprint density at radius 1 is 0.941 bits per heavy atom. The summed E-state index contributed by atoms with van der Waals surface area (Å²) in [6, 6.07) is 6.27. The molecule has 0 amide bonds. The van der Waals surface area contributed by atoms with Gasteiger partial charge in [-0.2, -0.15) is 0 Å². The molecule has 1 N–H and O–H groups in total. The van der Waals surface area contributed by atoms with Crippen LogP contribution in [0, 0.1) is 27.7 Å². The van der Waals surface area contributed by atoms with Crippen LogP contribution in [0.2, 0.25) is 0 Å². The van der Waals surface area contributed by atoms with Gasteiger partial charge in [0.1, 0.15) is 6.10 Å². The molecule has 0 radical (unpaired) electrons. The van der Waals surface area contributed by atoms with Crippen LogP contribution in [-0.2, 0) is 0 Å². The van der Waals surface area contributed by atoms with Gasteiger partial charge < -0.3 is 5.11 Å². The fourth-order valence-electron chi connectivity index (χ4n) is 2.12. The van der Waals surface area contributed by atoms with Gasteiger partial charge in [-0.1, -0.05) is 12.1 Å². The molecule has 0 saturated heterocycles. The summed E-state index contributed by atoms with van der Waals surface area (Å²) in [5.74, 6) is 0. The second-order valence-corrected chi connectivity index (χ2v) is 5.75. The van der Waals surface area contributed by atoms with E-state index < -0.39 is 6.10 Å². The van der Waals surface area contributed by atoms with Crippen molar-refractivity contribution in [1.82, 2.24) is 0 Å². The Labute approximate surface area is 107 Å². The lowest BCUT2D eigenvalue weighted by molar-refractivity contribution is 0.219. The van der Waals surface area contributed by atoms with Gasteiger partial charge in [0, 0.05) is 4.88 Å². The van der Waals surface area contributed by atoms with Gasteiger partial charge in [-0.15, -0.1) is 11.3 Å². The molecule has 0 aliphatic heterocycles. The monoisotopic (exact) mass is 246 g/mol. The SMILES string of the molecule is Cc1cc(C)c(C(O)c2ccsc2C)cc1C. The highest BCUT2D eigenvalue weighted by molar-refractivity contribution is 7.10.